The van der Waals surface area contributed by atoms with Crippen molar-refractivity contribution in [2.75, 3.05) is 12.3 Å². The monoisotopic (exact) mass is 446 g/mol. The molecular weight excluding hydrogens is 419 g/mol. The van der Waals surface area contributed by atoms with E-state index in [9.17, 15) is 9.18 Å². The van der Waals surface area contributed by atoms with Gasteiger partial charge in [0, 0.05) is 6.54 Å². The first-order valence-electron chi connectivity index (χ1n) is 11.2. The third-order valence-electron chi connectivity index (χ3n) is 5.46. The number of nitrogen functional groups attached to an aromatic ring is 1. The highest BCUT2D eigenvalue weighted by Gasteiger charge is 2.23. The van der Waals surface area contributed by atoms with Gasteiger partial charge in [-0.3, -0.25) is 4.79 Å². The van der Waals surface area contributed by atoms with Crippen LogP contribution in [0.15, 0.2) is 53.6 Å². The summed E-state index contributed by atoms with van der Waals surface area (Å²) in [6.45, 7) is 2.73. The highest BCUT2D eigenvalue weighted by molar-refractivity contribution is 6.10. The first-order valence-corrected chi connectivity index (χ1v) is 11.2. The highest BCUT2D eigenvalue weighted by Crippen LogP contribution is 2.27. The summed E-state index contributed by atoms with van der Waals surface area (Å²) in [6, 6.07) is 13.3. The third-order valence-corrected chi connectivity index (χ3v) is 5.46. The van der Waals surface area contributed by atoms with Gasteiger partial charge in [0.25, 0.3) is 5.91 Å². The van der Waals surface area contributed by atoms with Gasteiger partial charge in [0.05, 0.1) is 17.2 Å². The zero-order valence-electron chi connectivity index (χ0n) is 18.6. The van der Waals surface area contributed by atoms with E-state index in [-0.39, 0.29) is 23.1 Å². The Kier molecular flexibility index (Phi) is 6.92. The lowest BCUT2D eigenvalue weighted by Gasteiger charge is -2.05. The van der Waals surface area contributed by atoms with Crippen LogP contribution in [0, 0.1) is 5.82 Å². The largest absolute Gasteiger partial charge is 0.383 e. The Balaban J connectivity index is 1.69. The van der Waals surface area contributed by atoms with Gasteiger partial charge in [-0.25, -0.2) is 14.4 Å². The molecule has 0 fully saturated rings. The zero-order valence-corrected chi connectivity index (χ0v) is 18.6. The average molecular weight is 447 g/mol. The van der Waals surface area contributed by atoms with Crippen LogP contribution in [0.4, 0.5) is 10.2 Å². The number of carbonyl (C=O) groups is 1. The van der Waals surface area contributed by atoms with E-state index in [4.69, 9.17) is 5.73 Å². The predicted molar refractivity (Wildman–Crippen MR) is 130 cm³/mol. The Morgan fingerprint density at radius 2 is 1.76 bits per heavy atom. The number of carbonyl (C=O) groups excluding carboxylic acids is 1. The maximum Gasteiger partial charge on any atom is 0.257 e. The van der Waals surface area contributed by atoms with Crippen molar-refractivity contribution >= 4 is 40.1 Å². The number of nitrogens with one attached hydrogen (secondary N) is 1. The fourth-order valence-electron chi connectivity index (χ4n) is 3.68. The van der Waals surface area contributed by atoms with Crippen molar-refractivity contribution in [3.05, 3.63) is 65.5 Å². The van der Waals surface area contributed by atoms with Crippen molar-refractivity contribution in [3.63, 3.8) is 0 Å². The number of fused-ring (bicyclic) bond motifs is 2. The molecule has 8 heteroatoms. The van der Waals surface area contributed by atoms with Crippen LogP contribution in [-0.4, -0.2) is 33.3 Å². The van der Waals surface area contributed by atoms with Crippen LogP contribution in [0.1, 0.15) is 54.9 Å². The molecule has 7 nitrogen and oxygen atoms in total. The molecule has 0 aliphatic rings. The summed E-state index contributed by atoms with van der Waals surface area (Å²) in [4.78, 5) is 22.4. The second kappa shape index (κ2) is 10.2. The molecule has 4 aromatic rings. The van der Waals surface area contributed by atoms with Crippen LogP contribution >= 0.6 is 0 Å². The van der Waals surface area contributed by atoms with E-state index in [1.807, 2.05) is 24.3 Å². The number of amides is 1. The maximum absolute atomic E-state index is 13.2. The van der Waals surface area contributed by atoms with Crippen LogP contribution in [-0.2, 0) is 0 Å². The van der Waals surface area contributed by atoms with E-state index in [1.54, 1.807) is 18.3 Å². The first kappa shape index (κ1) is 22.4. The van der Waals surface area contributed by atoms with Crippen molar-refractivity contribution in [1.82, 2.24) is 20.0 Å². The smallest absolute Gasteiger partial charge is 0.257 e. The average Bonchev–Trinajstić information content (AvgIpc) is 3.09. The summed E-state index contributed by atoms with van der Waals surface area (Å²) in [5.41, 5.74) is 9.44. The first-order chi connectivity index (χ1) is 16.1. The minimum absolute atomic E-state index is 0.155. The van der Waals surface area contributed by atoms with Gasteiger partial charge >= 0.3 is 0 Å². The molecule has 0 saturated carbocycles. The Labute approximate surface area is 191 Å². The van der Waals surface area contributed by atoms with Gasteiger partial charge in [-0.15, -0.1) is 0 Å². The van der Waals surface area contributed by atoms with Crippen molar-refractivity contribution in [2.24, 2.45) is 5.10 Å². The number of hydrogen-bond donors (Lipinski definition) is 2. The van der Waals surface area contributed by atoms with Gasteiger partial charge in [0.15, 0.2) is 5.65 Å². The van der Waals surface area contributed by atoms with Crippen molar-refractivity contribution in [3.8, 4) is 0 Å². The second-order valence-electron chi connectivity index (χ2n) is 7.92. The van der Waals surface area contributed by atoms with E-state index < -0.39 is 0 Å². The molecule has 0 atom stereocenters. The number of anilines is 1. The standard InChI is InChI=1S/C25H27FN6O/c1-2-3-4-5-8-15-28-25(33)21-22-24(31-20-10-7-6-9-19(20)30-22)32(23(21)27)29-16-17-11-13-18(26)14-12-17/h6-7,9-14,16H,2-5,8,15,27H2,1H3,(H,28,33). The van der Waals surface area contributed by atoms with Crippen LogP contribution in [0.5, 0.6) is 0 Å². The molecule has 170 valence electrons. The second-order valence-corrected chi connectivity index (χ2v) is 7.92. The Morgan fingerprint density at radius 3 is 2.48 bits per heavy atom. The summed E-state index contributed by atoms with van der Waals surface area (Å²) in [7, 11) is 0. The Bertz CT molecular complexity index is 1300. The third kappa shape index (κ3) is 5.00. The maximum atomic E-state index is 13.2. The van der Waals surface area contributed by atoms with Gasteiger partial charge in [-0.05, 0) is 36.2 Å². The van der Waals surface area contributed by atoms with Crippen molar-refractivity contribution in [1.29, 1.82) is 0 Å². The normalized spacial score (nSPS) is 11.6. The number of benzene rings is 2. The van der Waals surface area contributed by atoms with Crippen LogP contribution in [0.3, 0.4) is 0 Å². The van der Waals surface area contributed by atoms with Crippen LogP contribution < -0.4 is 11.1 Å². The minimum atomic E-state index is -0.330. The molecule has 0 unspecified atom stereocenters. The number of para-hydroxylation sites is 2. The number of nitrogens with zero attached hydrogens (tertiary/aromatic N) is 4. The number of halogens is 1. The molecule has 0 saturated heterocycles. The summed E-state index contributed by atoms with van der Waals surface area (Å²) >= 11 is 0. The van der Waals surface area contributed by atoms with Gasteiger partial charge in [0.1, 0.15) is 22.7 Å². The van der Waals surface area contributed by atoms with E-state index in [0.717, 1.165) is 19.3 Å². The molecule has 0 aliphatic carbocycles. The van der Waals surface area contributed by atoms with Gasteiger partial charge in [-0.2, -0.15) is 9.78 Å². The van der Waals surface area contributed by atoms with Crippen molar-refractivity contribution < 1.29 is 9.18 Å². The van der Waals surface area contributed by atoms with Crippen LogP contribution in [0.2, 0.25) is 0 Å². The summed E-state index contributed by atoms with van der Waals surface area (Å²) in [5.74, 6) is -0.473. The minimum Gasteiger partial charge on any atom is -0.383 e. The molecule has 0 radical (unpaired) electrons. The fourth-order valence-corrected chi connectivity index (χ4v) is 3.68. The molecule has 3 N–H and O–H groups in total. The number of rotatable bonds is 9. The molecule has 0 spiro atoms. The topological polar surface area (TPSA) is 98.2 Å². The number of unbranched alkanes of at least 4 members (excludes halogenated alkanes) is 4. The Morgan fingerprint density at radius 1 is 1.06 bits per heavy atom. The van der Waals surface area contributed by atoms with Gasteiger partial charge < -0.3 is 11.1 Å². The molecule has 2 aromatic carbocycles. The molecule has 0 aliphatic heterocycles. The lowest BCUT2D eigenvalue weighted by Crippen LogP contribution is -2.25. The summed E-state index contributed by atoms with van der Waals surface area (Å²) in [6.07, 6.45) is 7.04. The summed E-state index contributed by atoms with van der Waals surface area (Å²) in [5, 5.41) is 7.39. The number of hydrogen-bond acceptors (Lipinski definition) is 5. The molecule has 4 rings (SSSR count). The zero-order chi connectivity index (χ0) is 23.2. The van der Waals surface area contributed by atoms with E-state index in [2.05, 4.69) is 27.3 Å². The highest BCUT2D eigenvalue weighted by atomic mass is 19.1. The van der Waals surface area contributed by atoms with Gasteiger partial charge in [-0.1, -0.05) is 56.9 Å². The number of aromatic nitrogens is 3. The van der Waals surface area contributed by atoms with Gasteiger partial charge in [0.2, 0.25) is 0 Å². The van der Waals surface area contributed by atoms with Crippen LogP contribution in [0.25, 0.3) is 22.2 Å². The molecule has 0 bridgehead atoms. The lowest BCUT2D eigenvalue weighted by atomic mass is 10.1. The molecule has 33 heavy (non-hydrogen) atoms. The quantitative estimate of drug-likeness (QED) is 0.283. The SMILES string of the molecule is CCCCCCCNC(=O)c1c(N)n(N=Cc2ccc(F)cc2)c2nc3ccccc3nc12. The van der Waals surface area contributed by atoms with E-state index in [0.29, 0.717) is 34.3 Å². The summed E-state index contributed by atoms with van der Waals surface area (Å²) < 4.78 is 14.6. The van der Waals surface area contributed by atoms with E-state index >= 15 is 0 Å². The van der Waals surface area contributed by atoms with Crippen molar-refractivity contribution in [2.45, 2.75) is 39.0 Å². The molecular formula is C25H27FN6O. The molecule has 1 amide bonds. The lowest BCUT2D eigenvalue weighted by molar-refractivity contribution is 0.0955. The molecule has 2 heterocycles. The molecule has 2 aromatic heterocycles. The van der Waals surface area contributed by atoms with E-state index in [1.165, 1.54) is 29.7 Å². The predicted octanol–water partition coefficient (Wildman–Crippen LogP) is 4.89. The fraction of sp³-hybridized carbons (Fsp3) is 0.280. The number of nitrogens with two attached hydrogens (primary N) is 1. The Hall–Kier alpha value is -3.81.